The standard InChI is InChI=1S/C22H26FN3O2/c1-15(27)26(21-8-3-2-7-20(21)24)14-16-5-4-6-19(13-16)25-22(28)17-9-11-18(23)12-10-17/h4-6,9-13,20-21H,2-3,7-8,14,24H2,1H3,(H,25,28). The van der Waals surface area contributed by atoms with Crippen molar-refractivity contribution in [2.24, 2.45) is 5.73 Å². The van der Waals surface area contributed by atoms with Crippen LogP contribution in [0.2, 0.25) is 0 Å². The molecule has 1 saturated carbocycles. The van der Waals surface area contributed by atoms with Crippen molar-refractivity contribution in [3.63, 3.8) is 0 Å². The number of amides is 2. The van der Waals surface area contributed by atoms with Gasteiger partial charge in [0.15, 0.2) is 0 Å². The van der Waals surface area contributed by atoms with Crippen LogP contribution in [0, 0.1) is 5.82 Å². The molecule has 0 spiro atoms. The first-order chi connectivity index (χ1) is 13.4. The molecule has 2 unspecified atom stereocenters. The summed E-state index contributed by atoms with van der Waals surface area (Å²) in [5, 5.41) is 2.82. The first kappa shape index (κ1) is 20.0. The van der Waals surface area contributed by atoms with Crippen molar-refractivity contribution < 1.29 is 14.0 Å². The van der Waals surface area contributed by atoms with E-state index in [1.54, 1.807) is 13.0 Å². The quantitative estimate of drug-likeness (QED) is 0.827. The van der Waals surface area contributed by atoms with Gasteiger partial charge in [0.25, 0.3) is 5.91 Å². The highest BCUT2D eigenvalue weighted by atomic mass is 19.1. The molecule has 0 heterocycles. The van der Waals surface area contributed by atoms with Gasteiger partial charge in [0, 0.05) is 36.8 Å². The number of benzene rings is 2. The molecule has 2 aromatic rings. The third-order valence-electron chi connectivity index (χ3n) is 5.23. The number of nitrogens with two attached hydrogens (primary N) is 1. The van der Waals surface area contributed by atoms with Crippen molar-refractivity contribution in [3.8, 4) is 0 Å². The van der Waals surface area contributed by atoms with Crippen LogP contribution >= 0.6 is 0 Å². The molecule has 0 bridgehead atoms. The molecular weight excluding hydrogens is 357 g/mol. The molecule has 0 radical (unpaired) electrons. The van der Waals surface area contributed by atoms with E-state index in [1.807, 2.05) is 23.1 Å². The van der Waals surface area contributed by atoms with Crippen LogP contribution < -0.4 is 11.1 Å². The van der Waals surface area contributed by atoms with Crippen molar-refractivity contribution in [3.05, 3.63) is 65.5 Å². The molecule has 0 aromatic heterocycles. The zero-order chi connectivity index (χ0) is 20.1. The highest BCUT2D eigenvalue weighted by Crippen LogP contribution is 2.24. The van der Waals surface area contributed by atoms with Crippen LogP contribution in [-0.4, -0.2) is 28.8 Å². The van der Waals surface area contributed by atoms with Crippen molar-refractivity contribution in [1.29, 1.82) is 0 Å². The van der Waals surface area contributed by atoms with E-state index in [0.717, 1.165) is 31.2 Å². The minimum Gasteiger partial charge on any atom is -0.334 e. The van der Waals surface area contributed by atoms with Gasteiger partial charge in [-0.25, -0.2) is 4.39 Å². The molecule has 1 aliphatic rings. The fraction of sp³-hybridized carbons (Fsp3) is 0.364. The first-order valence-electron chi connectivity index (χ1n) is 9.62. The number of halogens is 1. The molecule has 28 heavy (non-hydrogen) atoms. The van der Waals surface area contributed by atoms with Gasteiger partial charge < -0.3 is 16.0 Å². The van der Waals surface area contributed by atoms with E-state index in [9.17, 15) is 14.0 Å². The molecule has 6 heteroatoms. The second-order valence-electron chi connectivity index (χ2n) is 7.32. The second kappa shape index (κ2) is 8.97. The van der Waals surface area contributed by atoms with E-state index in [1.165, 1.54) is 24.3 Å². The zero-order valence-electron chi connectivity index (χ0n) is 16.0. The SMILES string of the molecule is CC(=O)N(Cc1cccc(NC(=O)c2ccc(F)cc2)c1)C1CCCCC1N. The van der Waals surface area contributed by atoms with E-state index < -0.39 is 0 Å². The minimum absolute atomic E-state index is 0.000915. The summed E-state index contributed by atoms with van der Waals surface area (Å²) in [4.78, 5) is 26.4. The largest absolute Gasteiger partial charge is 0.334 e. The summed E-state index contributed by atoms with van der Waals surface area (Å²) in [5.41, 5.74) is 8.19. The van der Waals surface area contributed by atoms with Crippen LogP contribution in [0.3, 0.4) is 0 Å². The number of anilines is 1. The molecular formula is C22H26FN3O2. The monoisotopic (exact) mass is 383 g/mol. The predicted molar refractivity (Wildman–Crippen MR) is 107 cm³/mol. The van der Waals surface area contributed by atoms with Gasteiger partial charge in [0.2, 0.25) is 5.91 Å². The Morgan fingerprint density at radius 3 is 2.54 bits per heavy atom. The highest BCUT2D eigenvalue weighted by Gasteiger charge is 2.29. The molecule has 5 nitrogen and oxygen atoms in total. The maximum atomic E-state index is 13.0. The highest BCUT2D eigenvalue weighted by molar-refractivity contribution is 6.04. The van der Waals surface area contributed by atoms with Gasteiger partial charge in [-0.2, -0.15) is 0 Å². The maximum Gasteiger partial charge on any atom is 0.255 e. The Hall–Kier alpha value is -2.73. The first-order valence-corrected chi connectivity index (χ1v) is 9.62. The fourth-order valence-corrected chi connectivity index (χ4v) is 3.74. The lowest BCUT2D eigenvalue weighted by atomic mass is 9.89. The Morgan fingerprint density at radius 1 is 1.14 bits per heavy atom. The minimum atomic E-state index is -0.385. The summed E-state index contributed by atoms with van der Waals surface area (Å²) in [5.74, 6) is -0.693. The van der Waals surface area contributed by atoms with Gasteiger partial charge in [0.05, 0.1) is 0 Å². The fourth-order valence-electron chi connectivity index (χ4n) is 3.74. The average Bonchev–Trinajstić information content (AvgIpc) is 2.67. The smallest absolute Gasteiger partial charge is 0.255 e. The van der Waals surface area contributed by atoms with Crippen LogP contribution in [0.25, 0.3) is 0 Å². The van der Waals surface area contributed by atoms with E-state index in [0.29, 0.717) is 17.8 Å². The molecule has 1 fully saturated rings. The van der Waals surface area contributed by atoms with Crippen molar-refractivity contribution >= 4 is 17.5 Å². The van der Waals surface area contributed by atoms with Crippen LogP contribution in [0.15, 0.2) is 48.5 Å². The molecule has 0 saturated heterocycles. The number of rotatable bonds is 5. The third-order valence-corrected chi connectivity index (χ3v) is 5.23. The van der Waals surface area contributed by atoms with E-state index in [4.69, 9.17) is 5.73 Å². The predicted octanol–water partition coefficient (Wildman–Crippen LogP) is 3.70. The molecule has 2 amide bonds. The average molecular weight is 383 g/mol. The maximum absolute atomic E-state index is 13.0. The molecule has 0 aliphatic heterocycles. The second-order valence-corrected chi connectivity index (χ2v) is 7.32. The van der Waals surface area contributed by atoms with Gasteiger partial charge in [-0.15, -0.1) is 0 Å². The topological polar surface area (TPSA) is 75.4 Å². The van der Waals surface area contributed by atoms with Crippen molar-refractivity contribution in [2.45, 2.75) is 51.2 Å². The number of carbonyl (C=O) groups is 2. The molecule has 1 aliphatic carbocycles. The van der Waals surface area contributed by atoms with E-state index in [2.05, 4.69) is 5.32 Å². The molecule has 3 N–H and O–H groups in total. The van der Waals surface area contributed by atoms with Crippen LogP contribution in [-0.2, 0) is 11.3 Å². The Bertz CT molecular complexity index is 838. The van der Waals surface area contributed by atoms with Crippen molar-refractivity contribution in [1.82, 2.24) is 4.90 Å². The summed E-state index contributed by atoms with van der Waals surface area (Å²) in [6.45, 7) is 2.02. The lowest BCUT2D eigenvalue weighted by molar-refractivity contribution is -0.133. The van der Waals surface area contributed by atoms with Crippen LogP contribution in [0.1, 0.15) is 48.5 Å². The normalized spacial score (nSPS) is 19.1. The Balaban J connectivity index is 1.71. The lowest BCUT2D eigenvalue weighted by Crippen LogP contribution is -2.50. The lowest BCUT2D eigenvalue weighted by Gasteiger charge is -2.38. The summed E-state index contributed by atoms with van der Waals surface area (Å²) in [6.07, 6.45) is 4.04. The van der Waals surface area contributed by atoms with E-state index in [-0.39, 0.29) is 29.7 Å². The van der Waals surface area contributed by atoms with Crippen molar-refractivity contribution in [2.75, 3.05) is 5.32 Å². The number of hydrogen-bond donors (Lipinski definition) is 2. The molecule has 2 atom stereocenters. The third kappa shape index (κ3) is 4.95. The Kier molecular flexibility index (Phi) is 6.41. The van der Waals surface area contributed by atoms with Crippen LogP contribution in [0.5, 0.6) is 0 Å². The van der Waals surface area contributed by atoms with Gasteiger partial charge in [-0.05, 0) is 54.8 Å². The Labute approximate surface area is 164 Å². The number of hydrogen-bond acceptors (Lipinski definition) is 3. The van der Waals surface area contributed by atoms with E-state index >= 15 is 0 Å². The zero-order valence-corrected chi connectivity index (χ0v) is 16.0. The summed E-state index contributed by atoms with van der Waals surface area (Å²) < 4.78 is 13.0. The van der Waals surface area contributed by atoms with Gasteiger partial charge in [-0.1, -0.05) is 25.0 Å². The summed E-state index contributed by atoms with van der Waals surface area (Å²) >= 11 is 0. The Morgan fingerprint density at radius 2 is 1.86 bits per heavy atom. The van der Waals surface area contributed by atoms with Gasteiger partial charge in [0.1, 0.15) is 5.82 Å². The van der Waals surface area contributed by atoms with Crippen LogP contribution in [0.4, 0.5) is 10.1 Å². The number of carbonyl (C=O) groups excluding carboxylic acids is 2. The number of nitrogens with zero attached hydrogens (tertiary/aromatic N) is 1. The molecule has 148 valence electrons. The molecule has 2 aromatic carbocycles. The summed E-state index contributed by atoms with van der Waals surface area (Å²) in [7, 11) is 0. The number of nitrogens with one attached hydrogen (secondary N) is 1. The van der Waals surface area contributed by atoms with Gasteiger partial charge >= 0.3 is 0 Å². The van der Waals surface area contributed by atoms with Gasteiger partial charge in [-0.3, -0.25) is 9.59 Å². The summed E-state index contributed by atoms with van der Waals surface area (Å²) in [6, 6.07) is 12.8. The molecule has 3 rings (SSSR count).